The van der Waals surface area contributed by atoms with Gasteiger partial charge in [-0.1, -0.05) is 24.3 Å². The van der Waals surface area contributed by atoms with E-state index < -0.39 is 29.8 Å². The number of nitrogens with zero attached hydrogens (tertiary/aromatic N) is 3. The lowest BCUT2D eigenvalue weighted by Crippen LogP contribution is -2.45. The first-order valence-electron chi connectivity index (χ1n) is 11.2. The second-order valence-corrected chi connectivity index (χ2v) is 8.22. The summed E-state index contributed by atoms with van der Waals surface area (Å²) in [4.78, 5) is 34.1. The number of esters is 1. The van der Waals surface area contributed by atoms with Crippen molar-refractivity contribution >= 4 is 17.7 Å². The Balaban J connectivity index is 1.62. The van der Waals surface area contributed by atoms with Gasteiger partial charge in [0, 0.05) is 18.1 Å². The van der Waals surface area contributed by atoms with Gasteiger partial charge >= 0.3 is 12.0 Å². The number of urea groups is 1. The number of nitrogens with one attached hydrogen (secondary N) is 1. The fourth-order valence-corrected chi connectivity index (χ4v) is 4.06. The maximum Gasteiger partial charge on any atom is 0.341 e. The number of halogens is 1. The Hall–Kier alpha value is -4.58. The monoisotopic (exact) mass is 486 g/mol. The molecule has 0 fully saturated rings. The maximum atomic E-state index is 13.6. The van der Waals surface area contributed by atoms with Gasteiger partial charge in [0.05, 0.1) is 18.7 Å². The Morgan fingerprint density at radius 3 is 2.69 bits per heavy atom. The molecule has 2 atom stereocenters. The fraction of sp³-hybridized carbons (Fsp3) is 0.222. The number of ether oxygens (including phenoxy) is 2. The highest BCUT2D eigenvalue weighted by Crippen LogP contribution is 2.30. The smallest absolute Gasteiger partial charge is 0.341 e. The summed E-state index contributed by atoms with van der Waals surface area (Å²) in [6.45, 7) is -0.145. The van der Waals surface area contributed by atoms with Crippen molar-refractivity contribution < 1.29 is 23.5 Å². The number of hydrogen-bond donors (Lipinski definition) is 1. The van der Waals surface area contributed by atoms with Crippen LogP contribution in [0.5, 0.6) is 5.75 Å². The summed E-state index contributed by atoms with van der Waals surface area (Å²) >= 11 is 0. The summed E-state index contributed by atoms with van der Waals surface area (Å²) in [5.74, 6) is -1.33. The largest absolute Gasteiger partial charge is 0.497 e. The lowest BCUT2D eigenvalue weighted by molar-refractivity contribution is -0.148. The van der Waals surface area contributed by atoms with Gasteiger partial charge < -0.3 is 14.8 Å². The highest BCUT2D eigenvalue weighted by atomic mass is 19.1. The normalized spacial score (nSPS) is 16.9. The third kappa shape index (κ3) is 5.91. The summed E-state index contributed by atoms with van der Waals surface area (Å²) < 4.78 is 24.4. The van der Waals surface area contributed by atoms with Gasteiger partial charge in [-0.05, 0) is 59.9 Å². The number of rotatable bonds is 8. The first-order valence-corrected chi connectivity index (χ1v) is 11.2. The molecule has 9 heteroatoms. The molecule has 2 aromatic carbocycles. The predicted octanol–water partition coefficient (Wildman–Crippen LogP) is 4.30. The highest BCUT2D eigenvalue weighted by Gasteiger charge is 2.40. The first-order chi connectivity index (χ1) is 17.5. The Morgan fingerprint density at radius 1 is 1.11 bits per heavy atom. The van der Waals surface area contributed by atoms with E-state index in [-0.39, 0.29) is 12.2 Å². The average Bonchev–Trinajstić information content (AvgIpc) is 2.90. The van der Waals surface area contributed by atoms with Crippen molar-refractivity contribution in [2.45, 2.75) is 25.5 Å². The third-order valence-electron chi connectivity index (χ3n) is 5.79. The van der Waals surface area contributed by atoms with Gasteiger partial charge in [-0.15, -0.1) is 0 Å². The number of aliphatic imine (C=N–C) groups is 1. The molecule has 1 aliphatic heterocycles. The Labute approximate surface area is 207 Å². The van der Waals surface area contributed by atoms with E-state index >= 15 is 0 Å². The minimum Gasteiger partial charge on any atom is -0.497 e. The van der Waals surface area contributed by atoms with Crippen LogP contribution in [0.15, 0.2) is 72.0 Å². The van der Waals surface area contributed by atoms with Crippen LogP contribution in [-0.2, 0) is 22.6 Å². The van der Waals surface area contributed by atoms with Crippen LogP contribution in [0.2, 0.25) is 0 Å². The number of pyridine rings is 1. The van der Waals surface area contributed by atoms with Crippen LogP contribution < -0.4 is 10.1 Å². The van der Waals surface area contributed by atoms with Crippen molar-refractivity contribution in [3.05, 3.63) is 95.1 Å². The molecule has 0 saturated heterocycles. The molecule has 0 aliphatic carbocycles. The summed E-state index contributed by atoms with van der Waals surface area (Å²) in [5.41, 5.74) is 2.54. The van der Waals surface area contributed by atoms with Crippen LogP contribution in [0.3, 0.4) is 0 Å². The number of aryl methyl sites for hydroxylation is 1. The molecular formula is C27H23FN4O4. The molecule has 2 amide bonds. The van der Waals surface area contributed by atoms with Crippen LogP contribution in [0, 0.1) is 23.1 Å². The first kappa shape index (κ1) is 24.5. The molecule has 1 N–H and O–H groups in total. The zero-order valence-electron chi connectivity index (χ0n) is 19.5. The summed E-state index contributed by atoms with van der Waals surface area (Å²) in [6, 6.07) is 15.4. The number of benzene rings is 2. The molecule has 8 nitrogen and oxygen atoms in total. The third-order valence-corrected chi connectivity index (χ3v) is 5.79. The lowest BCUT2D eigenvalue weighted by atomic mass is 9.85. The Kier molecular flexibility index (Phi) is 7.66. The number of nitriles is 1. The standard InChI is InChI=1S/C27H23FN4O4/c1-35-22-7-3-4-17(12-22)8-9-23-24(26(33)36-16-18-5-2-6-21(28)11-18)25(32-27(34)31-23)20-10-19(13-29)14-30-15-20/h2-7,10-12,14-15,24-25H,8-9,16H2,1H3,(H,32,34). The molecule has 3 aromatic rings. The van der Waals surface area contributed by atoms with Gasteiger partial charge in [0.15, 0.2) is 0 Å². The van der Waals surface area contributed by atoms with Gasteiger partial charge in [-0.2, -0.15) is 5.26 Å². The van der Waals surface area contributed by atoms with Crippen LogP contribution in [0.1, 0.15) is 34.7 Å². The SMILES string of the molecule is COc1cccc(CCC2=NC(=O)NC(c3cncc(C#N)c3)C2C(=O)OCc2cccc(F)c2)c1. The van der Waals surface area contributed by atoms with E-state index in [1.807, 2.05) is 30.3 Å². The number of carbonyl (C=O) groups is 2. The van der Waals surface area contributed by atoms with Gasteiger partial charge in [0.1, 0.15) is 30.2 Å². The number of amides is 2. The van der Waals surface area contributed by atoms with Crippen LogP contribution in [0.25, 0.3) is 0 Å². The molecule has 1 aliphatic rings. The minimum atomic E-state index is -0.961. The second-order valence-electron chi connectivity index (χ2n) is 8.22. The number of hydrogen-bond acceptors (Lipinski definition) is 6. The molecule has 2 unspecified atom stereocenters. The van der Waals surface area contributed by atoms with Crippen LogP contribution in [-0.4, -0.2) is 29.8 Å². The Bertz CT molecular complexity index is 1350. The predicted molar refractivity (Wildman–Crippen MR) is 129 cm³/mol. The van der Waals surface area contributed by atoms with Crippen LogP contribution >= 0.6 is 0 Å². The van der Waals surface area contributed by atoms with Crippen molar-refractivity contribution in [2.75, 3.05) is 7.11 Å². The van der Waals surface area contributed by atoms with Gasteiger partial charge in [0.25, 0.3) is 0 Å². The number of carbonyl (C=O) groups excluding carboxylic acids is 2. The van der Waals surface area contributed by atoms with Gasteiger partial charge in [-0.3, -0.25) is 9.78 Å². The van der Waals surface area contributed by atoms with Gasteiger partial charge in [0.2, 0.25) is 0 Å². The fourth-order valence-electron chi connectivity index (χ4n) is 4.06. The van der Waals surface area contributed by atoms with Crippen LogP contribution in [0.4, 0.5) is 9.18 Å². The highest BCUT2D eigenvalue weighted by molar-refractivity contribution is 6.09. The van der Waals surface area contributed by atoms with Crippen molar-refractivity contribution in [1.29, 1.82) is 5.26 Å². The van der Waals surface area contributed by atoms with Crippen molar-refractivity contribution in [2.24, 2.45) is 10.9 Å². The zero-order valence-corrected chi connectivity index (χ0v) is 19.5. The van der Waals surface area contributed by atoms with E-state index in [1.165, 1.54) is 30.6 Å². The topological polar surface area (TPSA) is 114 Å². The molecular weight excluding hydrogens is 463 g/mol. The van der Waals surface area contributed by atoms with Crippen molar-refractivity contribution in [3.63, 3.8) is 0 Å². The van der Waals surface area contributed by atoms with Gasteiger partial charge in [-0.25, -0.2) is 14.2 Å². The molecule has 182 valence electrons. The van der Waals surface area contributed by atoms with E-state index in [0.717, 1.165) is 5.56 Å². The van der Waals surface area contributed by atoms with E-state index in [1.54, 1.807) is 19.2 Å². The molecule has 0 saturated carbocycles. The second kappa shape index (κ2) is 11.2. The van der Waals surface area contributed by atoms with Crippen molar-refractivity contribution in [1.82, 2.24) is 10.3 Å². The lowest BCUT2D eigenvalue weighted by Gasteiger charge is -2.31. The molecule has 0 spiro atoms. The molecule has 4 rings (SSSR count). The van der Waals surface area contributed by atoms with E-state index in [4.69, 9.17) is 9.47 Å². The molecule has 1 aromatic heterocycles. The maximum absolute atomic E-state index is 13.6. The Morgan fingerprint density at radius 2 is 1.92 bits per heavy atom. The van der Waals surface area contributed by atoms with E-state index in [9.17, 15) is 19.2 Å². The molecule has 36 heavy (non-hydrogen) atoms. The molecule has 0 bridgehead atoms. The summed E-state index contributed by atoms with van der Waals surface area (Å²) in [7, 11) is 1.58. The zero-order chi connectivity index (χ0) is 25.5. The van der Waals surface area contributed by atoms with E-state index in [2.05, 4.69) is 15.3 Å². The quantitative estimate of drug-likeness (QED) is 0.475. The minimum absolute atomic E-state index is 0.145. The number of methoxy groups -OCH3 is 1. The van der Waals surface area contributed by atoms with E-state index in [0.29, 0.717) is 35.4 Å². The number of aromatic nitrogens is 1. The van der Waals surface area contributed by atoms with Crippen molar-refractivity contribution in [3.8, 4) is 11.8 Å². The average molecular weight is 487 g/mol. The molecule has 2 heterocycles. The summed E-state index contributed by atoms with van der Waals surface area (Å²) in [5, 5.41) is 12.0. The summed E-state index contributed by atoms with van der Waals surface area (Å²) in [6.07, 6.45) is 3.69. The molecule has 0 radical (unpaired) electrons.